The van der Waals surface area contributed by atoms with Crippen LogP contribution in [0.2, 0.25) is 0 Å². The zero-order valence-electron chi connectivity index (χ0n) is 16.9. The molecule has 0 aliphatic carbocycles. The Bertz CT molecular complexity index is 924. The first-order valence-corrected chi connectivity index (χ1v) is 10.9. The third kappa shape index (κ3) is 6.13. The van der Waals surface area contributed by atoms with Crippen molar-refractivity contribution in [3.8, 4) is 0 Å². The molecule has 0 bridgehead atoms. The number of benzene rings is 2. The van der Waals surface area contributed by atoms with Gasteiger partial charge in [0.05, 0.1) is 17.4 Å². The molecule has 0 aromatic heterocycles. The highest BCUT2D eigenvalue weighted by atomic mass is 32.2. The number of anilines is 1. The minimum absolute atomic E-state index is 0.0586. The Morgan fingerprint density at radius 3 is 2.07 bits per heavy atom. The molecule has 0 unspecified atom stereocenters. The number of carbonyl (C=O) groups excluding carboxylic acids is 2. The van der Waals surface area contributed by atoms with E-state index in [1.807, 2.05) is 30.3 Å². The Labute approximate surface area is 172 Å². The molecule has 2 aromatic rings. The number of rotatable bonds is 9. The van der Waals surface area contributed by atoms with Crippen LogP contribution in [0.25, 0.3) is 0 Å². The van der Waals surface area contributed by atoms with Gasteiger partial charge in [-0.1, -0.05) is 44.2 Å². The summed E-state index contributed by atoms with van der Waals surface area (Å²) in [6, 6.07) is 14.9. The number of nitrogens with zero attached hydrogens (tertiary/aromatic N) is 1. The average Bonchev–Trinajstić information content (AvgIpc) is 2.69. The van der Waals surface area contributed by atoms with Crippen molar-refractivity contribution in [3.05, 3.63) is 60.2 Å². The third-order valence-corrected chi connectivity index (χ3v) is 6.51. The van der Waals surface area contributed by atoms with Crippen molar-refractivity contribution in [3.63, 3.8) is 0 Å². The largest absolute Gasteiger partial charge is 0.349 e. The number of hydrogen-bond donors (Lipinski definition) is 2. The molecule has 2 amide bonds. The molecule has 29 heavy (non-hydrogen) atoms. The van der Waals surface area contributed by atoms with Crippen molar-refractivity contribution >= 4 is 27.5 Å². The highest BCUT2D eigenvalue weighted by molar-refractivity contribution is 7.89. The summed E-state index contributed by atoms with van der Waals surface area (Å²) in [5.74, 6) is -0.510. The topological polar surface area (TPSA) is 95.6 Å². The molecule has 2 aromatic carbocycles. The first kappa shape index (κ1) is 22.6. The van der Waals surface area contributed by atoms with Crippen LogP contribution in [0.1, 0.15) is 38.8 Å². The fourth-order valence-corrected chi connectivity index (χ4v) is 4.46. The number of amides is 2. The van der Waals surface area contributed by atoms with Crippen LogP contribution in [0.4, 0.5) is 5.69 Å². The summed E-state index contributed by atoms with van der Waals surface area (Å²) in [5.41, 5.74) is 1.32. The molecule has 156 valence electrons. The molecule has 0 fully saturated rings. The van der Waals surface area contributed by atoms with Crippen molar-refractivity contribution in [1.82, 2.24) is 9.62 Å². The van der Waals surface area contributed by atoms with Gasteiger partial charge < -0.3 is 10.6 Å². The molecule has 2 rings (SSSR count). The van der Waals surface area contributed by atoms with Gasteiger partial charge in [-0.15, -0.1) is 0 Å². The second-order valence-electron chi connectivity index (χ2n) is 6.53. The van der Waals surface area contributed by atoms with E-state index < -0.39 is 16.1 Å². The van der Waals surface area contributed by atoms with E-state index in [-0.39, 0.29) is 23.1 Å². The van der Waals surface area contributed by atoms with Crippen LogP contribution < -0.4 is 10.6 Å². The van der Waals surface area contributed by atoms with Crippen LogP contribution in [0.5, 0.6) is 0 Å². The van der Waals surface area contributed by atoms with Gasteiger partial charge in [-0.05, 0) is 29.8 Å². The van der Waals surface area contributed by atoms with Crippen LogP contribution in [-0.2, 0) is 19.6 Å². The van der Waals surface area contributed by atoms with E-state index >= 15 is 0 Å². The van der Waals surface area contributed by atoms with Gasteiger partial charge >= 0.3 is 0 Å². The fraction of sp³-hybridized carbons (Fsp3) is 0.333. The van der Waals surface area contributed by atoms with E-state index in [1.54, 1.807) is 26.0 Å². The fourth-order valence-electron chi connectivity index (χ4n) is 3.00. The maximum atomic E-state index is 12.5. The second-order valence-corrected chi connectivity index (χ2v) is 8.47. The number of sulfonamides is 1. The summed E-state index contributed by atoms with van der Waals surface area (Å²) in [6.45, 7) is 5.76. The lowest BCUT2D eigenvalue weighted by atomic mass is 10.0. The first-order chi connectivity index (χ1) is 13.8. The molecule has 8 heteroatoms. The first-order valence-electron chi connectivity index (χ1n) is 9.50. The molecular formula is C21H27N3O4S. The molecule has 0 aliphatic heterocycles. The lowest BCUT2D eigenvalue weighted by molar-refractivity contribution is -0.120. The minimum Gasteiger partial charge on any atom is -0.349 e. The minimum atomic E-state index is -3.54. The SMILES string of the molecule is CCN(CC)S(=O)(=O)c1ccc(NC(=O)C[C@@H](NC(C)=O)c2ccccc2)cc1. The lowest BCUT2D eigenvalue weighted by Crippen LogP contribution is -2.30. The molecule has 0 aliphatic rings. The van der Waals surface area contributed by atoms with Crippen LogP contribution in [0.15, 0.2) is 59.5 Å². The standard InChI is InChI=1S/C21H27N3O4S/c1-4-24(5-2)29(27,28)19-13-11-18(12-14-19)23-21(26)15-20(22-16(3)25)17-9-7-6-8-10-17/h6-14,20H,4-5,15H2,1-3H3,(H,22,25)(H,23,26)/t20-/m1/s1. The van der Waals surface area contributed by atoms with E-state index in [1.165, 1.54) is 23.4 Å². The van der Waals surface area contributed by atoms with Crippen molar-refractivity contribution in [2.24, 2.45) is 0 Å². The van der Waals surface area contributed by atoms with E-state index in [9.17, 15) is 18.0 Å². The van der Waals surface area contributed by atoms with Crippen LogP contribution in [0.3, 0.4) is 0 Å². The summed E-state index contributed by atoms with van der Waals surface area (Å²) >= 11 is 0. The van der Waals surface area contributed by atoms with Gasteiger partial charge in [0, 0.05) is 25.7 Å². The Kier molecular flexibility index (Phi) is 7.92. The van der Waals surface area contributed by atoms with E-state index in [0.29, 0.717) is 18.8 Å². The number of hydrogen-bond acceptors (Lipinski definition) is 4. The Hall–Kier alpha value is -2.71. The highest BCUT2D eigenvalue weighted by Crippen LogP contribution is 2.20. The summed E-state index contributed by atoms with van der Waals surface area (Å²) in [5, 5.41) is 5.54. The van der Waals surface area contributed by atoms with Gasteiger partial charge in [-0.25, -0.2) is 8.42 Å². The molecule has 0 saturated carbocycles. The summed E-state index contributed by atoms with van der Waals surface area (Å²) < 4.78 is 26.4. The van der Waals surface area contributed by atoms with Gasteiger partial charge in [0.15, 0.2) is 0 Å². The van der Waals surface area contributed by atoms with E-state index in [4.69, 9.17) is 0 Å². The lowest BCUT2D eigenvalue weighted by Gasteiger charge is -2.19. The quantitative estimate of drug-likeness (QED) is 0.656. The van der Waals surface area contributed by atoms with Crippen LogP contribution in [0, 0.1) is 0 Å². The molecule has 0 heterocycles. The van der Waals surface area contributed by atoms with Gasteiger partial charge in [0.1, 0.15) is 0 Å². The maximum Gasteiger partial charge on any atom is 0.243 e. The average molecular weight is 418 g/mol. The number of nitrogens with one attached hydrogen (secondary N) is 2. The van der Waals surface area contributed by atoms with Crippen molar-refractivity contribution in [1.29, 1.82) is 0 Å². The molecule has 1 atom stereocenters. The Morgan fingerprint density at radius 1 is 0.966 bits per heavy atom. The van der Waals surface area contributed by atoms with Crippen LogP contribution in [-0.4, -0.2) is 37.6 Å². The number of carbonyl (C=O) groups is 2. The van der Waals surface area contributed by atoms with Crippen molar-refractivity contribution < 1.29 is 18.0 Å². The smallest absolute Gasteiger partial charge is 0.243 e. The molecule has 0 radical (unpaired) electrons. The predicted molar refractivity (Wildman–Crippen MR) is 113 cm³/mol. The Morgan fingerprint density at radius 2 is 1.55 bits per heavy atom. The van der Waals surface area contributed by atoms with Crippen LogP contribution >= 0.6 is 0 Å². The van der Waals surface area contributed by atoms with Gasteiger partial charge in [0.2, 0.25) is 21.8 Å². The van der Waals surface area contributed by atoms with Gasteiger partial charge in [-0.3, -0.25) is 9.59 Å². The molecule has 7 nitrogen and oxygen atoms in total. The Balaban J connectivity index is 2.09. The third-order valence-electron chi connectivity index (χ3n) is 4.45. The van der Waals surface area contributed by atoms with Gasteiger partial charge in [0.25, 0.3) is 0 Å². The van der Waals surface area contributed by atoms with Crippen molar-refractivity contribution in [2.45, 2.75) is 38.1 Å². The predicted octanol–water partition coefficient (Wildman–Crippen LogP) is 2.92. The monoisotopic (exact) mass is 417 g/mol. The van der Waals surface area contributed by atoms with Gasteiger partial charge in [-0.2, -0.15) is 4.31 Å². The van der Waals surface area contributed by atoms with Crippen molar-refractivity contribution in [2.75, 3.05) is 18.4 Å². The maximum absolute atomic E-state index is 12.5. The normalized spacial score (nSPS) is 12.4. The summed E-state index contributed by atoms with van der Waals surface area (Å²) in [7, 11) is -3.54. The van der Waals surface area contributed by atoms with E-state index in [2.05, 4.69) is 10.6 Å². The zero-order valence-corrected chi connectivity index (χ0v) is 17.7. The summed E-state index contributed by atoms with van der Waals surface area (Å²) in [6.07, 6.45) is 0.0586. The van der Waals surface area contributed by atoms with E-state index in [0.717, 1.165) is 5.56 Å². The molecule has 2 N–H and O–H groups in total. The molecular weight excluding hydrogens is 390 g/mol. The summed E-state index contributed by atoms with van der Waals surface area (Å²) in [4.78, 5) is 24.2. The second kappa shape index (κ2) is 10.2. The molecule has 0 saturated heterocycles. The zero-order chi connectivity index (χ0) is 21.4. The highest BCUT2D eigenvalue weighted by Gasteiger charge is 2.21. The molecule has 0 spiro atoms.